The summed E-state index contributed by atoms with van der Waals surface area (Å²) >= 11 is 0. The fraction of sp³-hybridized carbons (Fsp3) is 0.250. The lowest BCUT2D eigenvalue weighted by Crippen LogP contribution is -2.53. The number of aromatic nitrogens is 2. The first-order chi connectivity index (χ1) is 20.5. The number of hydrogen-bond donors (Lipinski definition) is 1. The number of esters is 1. The van der Waals surface area contributed by atoms with Crippen LogP contribution in [0.2, 0.25) is 0 Å². The number of hydrogen-bond acceptors (Lipinski definition) is 9. The molecule has 1 atom stereocenters. The van der Waals surface area contributed by atoms with Crippen molar-refractivity contribution < 1.29 is 33.3 Å². The summed E-state index contributed by atoms with van der Waals surface area (Å²) in [4.78, 5) is 35.6. The van der Waals surface area contributed by atoms with E-state index in [9.17, 15) is 9.59 Å². The van der Waals surface area contributed by atoms with Crippen molar-refractivity contribution in [2.75, 3.05) is 27.6 Å². The van der Waals surface area contributed by atoms with Crippen LogP contribution >= 0.6 is 0 Å². The topological polar surface area (TPSA) is 118 Å². The van der Waals surface area contributed by atoms with E-state index < -0.39 is 30.2 Å². The third-order valence-electron chi connectivity index (χ3n) is 6.30. The van der Waals surface area contributed by atoms with Crippen molar-refractivity contribution >= 4 is 11.9 Å². The van der Waals surface area contributed by atoms with Crippen LogP contribution in [0.1, 0.15) is 22.4 Å². The molecule has 218 valence electrons. The summed E-state index contributed by atoms with van der Waals surface area (Å²) in [6, 6.07) is 28.8. The standard InChI is InChI=1S/C32H33N3O7/c1-23-19-28(39-3)35-31(34-23)42-29(30(37)40-20-24-13-7-4-8-14-24)32(25-15-9-5-10-16-25,26-17-11-6-12-18-26)41-21-27(36)33-22-38-2/h4-19,29H,20-22H2,1-3H3,(H,33,36). The molecule has 4 aromatic rings. The zero-order valence-corrected chi connectivity index (χ0v) is 23.7. The van der Waals surface area contributed by atoms with E-state index in [2.05, 4.69) is 15.3 Å². The number of carbonyl (C=O) groups excluding carboxylic acids is 2. The van der Waals surface area contributed by atoms with Gasteiger partial charge in [-0.05, 0) is 23.6 Å². The number of nitrogens with one attached hydrogen (secondary N) is 1. The summed E-state index contributed by atoms with van der Waals surface area (Å²) in [5.41, 5.74) is 0.733. The number of carbonyl (C=O) groups is 2. The van der Waals surface area contributed by atoms with Gasteiger partial charge in [0.1, 0.15) is 19.9 Å². The van der Waals surface area contributed by atoms with Crippen molar-refractivity contribution in [3.8, 4) is 11.9 Å². The van der Waals surface area contributed by atoms with Gasteiger partial charge in [0, 0.05) is 18.9 Å². The van der Waals surface area contributed by atoms with Crippen molar-refractivity contribution in [1.82, 2.24) is 15.3 Å². The number of ether oxygens (including phenoxy) is 5. The summed E-state index contributed by atoms with van der Waals surface area (Å²) in [6.07, 6.45) is -1.51. The normalized spacial score (nSPS) is 11.8. The van der Waals surface area contributed by atoms with Crippen LogP contribution in [0.3, 0.4) is 0 Å². The molecular weight excluding hydrogens is 538 g/mol. The maximum Gasteiger partial charge on any atom is 0.351 e. The SMILES string of the molecule is COCNC(=O)COC(c1ccccc1)(c1ccccc1)C(Oc1nc(C)cc(OC)n1)C(=O)OCc1ccccc1. The highest BCUT2D eigenvalue weighted by molar-refractivity contribution is 5.80. The van der Waals surface area contributed by atoms with Crippen molar-refractivity contribution in [3.63, 3.8) is 0 Å². The van der Waals surface area contributed by atoms with Crippen LogP contribution in [0.4, 0.5) is 0 Å². The lowest BCUT2D eigenvalue weighted by molar-refractivity contribution is -0.174. The Labute approximate surface area is 244 Å². The molecular formula is C32H33N3O7. The van der Waals surface area contributed by atoms with Crippen LogP contribution in [0.5, 0.6) is 11.9 Å². The van der Waals surface area contributed by atoms with Gasteiger partial charge in [0.15, 0.2) is 5.60 Å². The molecule has 1 N–H and O–H groups in total. The maximum atomic E-state index is 14.1. The predicted molar refractivity (Wildman–Crippen MR) is 154 cm³/mol. The minimum absolute atomic E-state index is 0.0121. The fourth-order valence-corrected chi connectivity index (χ4v) is 4.34. The smallest absolute Gasteiger partial charge is 0.351 e. The van der Waals surface area contributed by atoms with E-state index in [1.165, 1.54) is 14.2 Å². The Balaban J connectivity index is 1.87. The monoisotopic (exact) mass is 571 g/mol. The fourth-order valence-electron chi connectivity index (χ4n) is 4.34. The zero-order valence-electron chi connectivity index (χ0n) is 23.7. The minimum atomic E-state index is -1.68. The lowest BCUT2D eigenvalue weighted by Gasteiger charge is -2.39. The Hall–Kier alpha value is -4.80. The molecule has 10 nitrogen and oxygen atoms in total. The molecule has 0 aliphatic heterocycles. The summed E-state index contributed by atoms with van der Waals surface area (Å²) in [7, 11) is 2.93. The third kappa shape index (κ3) is 7.48. The number of nitrogens with zero attached hydrogens (tertiary/aromatic N) is 2. The van der Waals surface area contributed by atoms with Gasteiger partial charge >= 0.3 is 12.0 Å². The zero-order chi connectivity index (χ0) is 29.8. The summed E-state index contributed by atoms with van der Waals surface area (Å²) < 4.78 is 28.9. The highest BCUT2D eigenvalue weighted by Gasteiger charge is 2.51. The molecule has 10 heteroatoms. The molecule has 0 aliphatic rings. The number of amides is 1. The first-order valence-electron chi connectivity index (χ1n) is 13.2. The molecule has 0 radical (unpaired) electrons. The number of rotatable bonds is 14. The molecule has 1 heterocycles. The van der Waals surface area contributed by atoms with Crippen molar-refractivity contribution in [2.45, 2.75) is 25.2 Å². The molecule has 0 fully saturated rings. The Morgan fingerprint density at radius 3 is 2.02 bits per heavy atom. The molecule has 1 aromatic heterocycles. The highest BCUT2D eigenvalue weighted by Crippen LogP contribution is 2.40. The average Bonchev–Trinajstić information content (AvgIpc) is 3.03. The second-order valence-corrected chi connectivity index (χ2v) is 9.21. The molecule has 1 amide bonds. The second-order valence-electron chi connectivity index (χ2n) is 9.21. The van der Waals surface area contributed by atoms with Gasteiger partial charge in [-0.2, -0.15) is 4.98 Å². The van der Waals surface area contributed by atoms with Crippen LogP contribution in [-0.4, -0.2) is 55.5 Å². The van der Waals surface area contributed by atoms with Gasteiger partial charge in [-0.3, -0.25) is 4.79 Å². The molecule has 3 aromatic carbocycles. The van der Waals surface area contributed by atoms with Gasteiger partial charge in [-0.25, -0.2) is 9.78 Å². The quantitative estimate of drug-likeness (QED) is 0.177. The van der Waals surface area contributed by atoms with Gasteiger partial charge in [0.05, 0.1) is 7.11 Å². The first-order valence-corrected chi connectivity index (χ1v) is 13.2. The third-order valence-corrected chi connectivity index (χ3v) is 6.30. The largest absolute Gasteiger partial charge is 0.481 e. The Morgan fingerprint density at radius 1 is 0.857 bits per heavy atom. The molecule has 4 rings (SSSR count). The molecule has 1 unspecified atom stereocenters. The van der Waals surface area contributed by atoms with Crippen LogP contribution in [0.15, 0.2) is 97.1 Å². The minimum Gasteiger partial charge on any atom is -0.481 e. The molecule has 0 aliphatic carbocycles. The van der Waals surface area contributed by atoms with E-state index in [1.54, 1.807) is 61.5 Å². The molecule has 0 bridgehead atoms. The summed E-state index contributed by atoms with van der Waals surface area (Å²) in [5.74, 6) is -0.968. The van der Waals surface area contributed by atoms with Gasteiger partial charge in [0.2, 0.25) is 17.9 Å². The number of aryl methyl sites for hydroxylation is 1. The van der Waals surface area contributed by atoms with Gasteiger partial charge in [0.25, 0.3) is 0 Å². The Bertz CT molecular complexity index is 1400. The first kappa shape index (κ1) is 30.2. The van der Waals surface area contributed by atoms with Crippen molar-refractivity contribution in [2.24, 2.45) is 0 Å². The number of methoxy groups -OCH3 is 2. The van der Waals surface area contributed by atoms with Gasteiger partial charge in [-0.15, -0.1) is 0 Å². The number of benzene rings is 3. The molecule has 0 saturated carbocycles. The summed E-state index contributed by atoms with van der Waals surface area (Å²) in [5, 5.41) is 2.61. The van der Waals surface area contributed by atoms with Crippen LogP contribution in [-0.2, 0) is 36.0 Å². The summed E-state index contributed by atoms with van der Waals surface area (Å²) in [6.45, 7) is 1.28. The molecule has 42 heavy (non-hydrogen) atoms. The highest BCUT2D eigenvalue weighted by atomic mass is 16.6. The van der Waals surface area contributed by atoms with E-state index in [0.717, 1.165) is 5.56 Å². The van der Waals surface area contributed by atoms with Crippen molar-refractivity contribution in [1.29, 1.82) is 0 Å². The Kier molecular flexibility index (Phi) is 10.6. The second kappa shape index (κ2) is 14.7. The van der Waals surface area contributed by atoms with Crippen LogP contribution < -0.4 is 14.8 Å². The maximum absolute atomic E-state index is 14.1. The van der Waals surface area contributed by atoms with Crippen molar-refractivity contribution in [3.05, 3.63) is 119 Å². The lowest BCUT2D eigenvalue weighted by atomic mass is 9.81. The average molecular weight is 572 g/mol. The van der Waals surface area contributed by atoms with E-state index in [0.29, 0.717) is 16.8 Å². The van der Waals surface area contributed by atoms with E-state index >= 15 is 0 Å². The molecule has 0 spiro atoms. The molecule has 0 saturated heterocycles. The van der Waals surface area contributed by atoms with E-state index in [-0.39, 0.29) is 25.2 Å². The van der Waals surface area contributed by atoms with Gasteiger partial charge < -0.3 is 29.0 Å². The Morgan fingerprint density at radius 2 is 1.45 bits per heavy atom. The predicted octanol–water partition coefficient (Wildman–Crippen LogP) is 3.96. The van der Waals surface area contributed by atoms with Crippen LogP contribution in [0, 0.1) is 6.92 Å². The van der Waals surface area contributed by atoms with Crippen LogP contribution in [0.25, 0.3) is 0 Å². The van der Waals surface area contributed by atoms with Gasteiger partial charge in [-0.1, -0.05) is 91.0 Å². The van der Waals surface area contributed by atoms with E-state index in [1.807, 2.05) is 42.5 Å². The van der Waals surface area contributed by atoms with E-state index in [4.69, 9.17) is 23.7 Å².